The van der Waals surface area contributed by atoms with E-state index in [1.165, 1.54) is 36.3 Å². The number of benzene rings is 1. The van der Waals surface area contributed by atoms with Crippen molar-refractivity contribution in [3.8, 4) is 0 Å². The van der Waals surface area contributed by atoms with Gasteiger partial charge in [-0.15, -0.1) is 0 Å². The SMILES string of the molecule is CCC(N)Cc1ccc(N2CCC(C)C(C)C2)cc1C. The molecule has 0 amide bonds. The van der Waals surface area contributed by atoms with E-state index in [1.807, 2.05) is 0 Å². The Bertz CT molecular complexity index is 441. The first-order valence-corrected chi connectivity index (χ1v) is 8.11. The molecule has 0 aromatic heterocycles. The Morgan fingerprint density at radius 1 is 1.30 bits per heavy atom. The predicted octanol–water partition coefficient (Wildman–Crippen LogP) is 3.76. The van der Waals surface area contributed by atoms with Gasteiger partial charge in [0, 0.05) is 24.8 Å². The normalized spacial score (nSPS) is 24.8. The number of hydrogen-bond acceptors (Lipinski definition) is 2. The van der Waals surface area contributed by atoms with Gasteiger partial charge in [0.15, 0.2) is 0 Å². The summed E-state index contributed by atoms with van der Waals surface area (Å²) in [6, 6.07) is 7.20. The van der Waals surface area contributed by atoms with Crippen molar-refractivity contribution in [3.05, 3.63) is 29.3 Å². The van der Waals surface area contributed by atoms with Crippen LogP contribution in [0.2, 0.25) is 0 Å². The minimum Gasteiger partial charge on any atom is -0.371 e. The maximum atomic E-state index is 6.08. The van der Waals surface area contributed by atoms with Gasteiger partial charge in [0.25, 0.3) is 0 Å². The lowest BCUT2D eigenvalue weighted by atomic mass is 9.88. The molecule has 0 saturated carbocycles. The van der Waals surface area contributed by atoms with Crippen LogP contribution in [0.1, 0.15) is 44.7 Å². The standard InChI is InChI=1S/C18H30N2/c1-5-17(19)11-16-6-7-18(10-14(16)3)20-9-8-13(2)15(4)12-20/h6-7,10,13,15,17H,5,8-9,11-12,19H2,1-4H3. The highest BCUT2D eigenvalue weighted by molar-refractivity contribution is 5.51. The zero-order chi connectivity index (χ0) is 14.7. The zero-order valence-corrected chi connectivity index (χ0v) is 13.5. The van der Waals surface area contributed by atoms with Crippen LogP contribution in [0, 0.1) is 18.8 Å². The minimum absolute atomic E-state index is 0.287. The van der Waals surface area contributed by atoms with Crippen molar-refractivity contribution in [2.45, 2.75) is 53.0 Å². The number of nitrogens with zero attached hydrogens (tertiary/aromatic N) is 1. The molecular formula is C18H30N2. The summed E-state index contributed by atoms with van der Waals surface area (Å²) in [5.41, 5.74) is 10.3. The van der Waals surface area contributed by atoms with Gasteiger partial charge in [-0.3, -0.25) is 0 Å². The van der Waals surface area contributed by atoms with Gasteiger partial charge in [-0.2, -0.15) is 0 Å². The highest BCUT2D eigenvalue weighted by Crippen LogP contribution is 2.28. The second-order valence-electron chi connectivity index (χ2n) is 6.67. The van der Waals surface area contributed by atoms with Crippen molar-refractivity contribution in [1.82, 2.24) is 0 Å². The third kappa shape index (κ3) is 3.54. The molecule has 1 aliphatic heterocycles. The van der Waals surface area contributed by atoms with Crippen LogP contribution in [0.4, 0.5) is 5.69 Å². The van der Waals surface area contributed by atoms with E-state index in [0.29, 0.717) is 0 Å². The van der Waals surface area contributed by atoms with Crippen LogP contribution in [0.5, 0.6) is 0 Å². The molecule has 3 unspecified atom stereocenters. The molecule has 2 nitrogen and oxygen atoms in total. The second-order valence-corrected chi connectivity index (χ2v) is 6.67. The minimum atomic E-state index is 0.287. The van der Waals surface area contributed by atoms with Crippen molar-refractivity contribution < 1.29 is 0 Å². The van der Waals surface area contributed by atoms with Gasteiger partial charge in [0.2, 0.25) is 0 Å². The Kier molecular flexibility index (Phi) is 5.09. The van der Waals surface area contributed by atoms with E-state index in [1.54, 1.807) is 0 Å². The molecule has 1 saturated heterocycles. The smallest absolute Gasteiger partial charge is 0.0369 e. The van der Waals surface area contributed by atoms with Crippen LogP contribution >= 0.6 is 0 Å². The lowest BCUT2D eigenvalue weighted by Gasteiger charge is -2.37. The number of aryl methyl sites for hydroxylation is 1. The zero-order valence-electron chi connectivity index (χ0n) is 13.5. The summed E-state index contributed by atoms with van der Waals surface area (Å²) in [6.07, 6.45) is 3.35. The molecule has 0 radical (unpaired) electrons. The van der Waals surface area contributed by atoms with Crippen molar-refractivity contribution >= 4 is 5.69 Å². The van der Waals surface area contributed by atoms with Crippen LogP contribution in [0.3, 0.4) is 0 Å². The summed E-state index contributed by atoms with van der Waals surface area (Å²) in [4.78, 5) is 2.54. The largest absolute Gasteiger partial charge is 0.371 e. The maximum absolute atomic E-state index is 6.08. The van der Waals surface area contributed by atoms with E-state index < -0.39 is 0 Å². The first-order valence-electron chi connectivity index (χ1n) is 8.11. The van der Waals surface area contributed by atoms with E-state index in [0.717, 1.165) is 24.7 Å². The summed E-state index contributed by atoms with van der Waals surface area (Å²) < 4.78 is 0. The average molecular weight is 274 g/mol. The fourth-order valence-corrected chi connectivity index (χ4v) is 3.03. The first-order chi connectivity index (χ1) is 9.51. The fourth-order valence-electron chi connectivity index (χ4n) is 3.03. The summed E-state index contributed by atoms with van der Waals surface area (Å²) >= 11 is 0. The summed E-state index contributed by atoms with van der Waals surface area (Å²) in [5.74, 6) is 1.64. The topological polar surface area (TPSA) is 29.3 Å². The third-order valence-corrected chi connectivity index (χ3v) is 5.03. The Balaban J connectivity index is 2.09. The molecule has 2 heteroatoms. The van der Waals surface area contributed by atoms with Gasteiger partial charge in [-0.1, -0.05) is 26.8 Å². The molecule has 0 spiro atoms. The molecule has 1 aromatic rings. The third-order valence-electron chi connectivity index (χ3n) is 5.03. The van der Waals surface area contributed by atoms with Crippen molar-refractivity contribution in [2.24, 2.45) is 17.6 Å². The Morgan fingerprint density at radius 3 is 2.65 bits per heavy atom. The van der Waals surface area contributed by atoms with Gasteiger partial charge in [0.1, 0.15) is 0 Å². The molecule has 1 fully saturated rings. The van der Waals surface area contributed by atoms with Gasteiger partial charge in [0.05, 0.1) is 0 Å². The number of nitrogens with two attached hydrogens (primary N) is 1. The van der Waals surface area contributed by atoms with Gasteiger partial charge < -0.3 is 10.6 Å². The van der Waals surface area contributed by atoms with E-state index in [-0.39, 0.29) is 6.04 Å². The Labute approximate surface area is 124 Å². The molecule has 20 heavy (non-hydrogen) atoms. The highest BCUT2D eigenvalue weighted by atomic mass is 15.1. The molecule has 0 aliphatic carbocycles. The number of piperidine rings is 1. The van der Waals surface area contributed by atoms with Gasteiger partial charge in [-0.25, -0.2) is 0 Å². The van der Waals surface area contributed by atoms with Crippen molar-refractivity contribution in [2.75, 3.05) is 18.0 Å². The highest BCUT2D eigenvalue weighted by Gasteiger charge is 2.23. The summed E-state index contributed by atoms with van der Waals surface area (Å²) in [7, 11) is 0. The van der Waals surface area contributed by atoms with Crippen LogP contribution in [-0.2, 0) is 6.42 Å². The molecule has 112 valence electrons. The molecule has 1 aliphatic rings. The second kappa shape index (κ2) is 6.62. The van der Waals surface area contributed by atoms with Crippen LogP contribution in [0.25, 0.3) is 0 Å². The summed E-state index contributed by atoms with van der Waals surface area (Å²) in [6.45, 7) is 11.5. The Morgan fingerprint density at radius 2 is 2.05 bits per heavy atom. The van der Waals surface area contributed by atoms with Crippen LogP contribution in [0.15, 0.2) is 18.2 Å². The van der Waals surface area contributed by atoms with Gasteiger partial charge >= 0.3 is 0 Å². The lowest BCUT2D eigenvalue weighted by molar-refractivity contribution is 0.324. The molecule has 2 rings (SSSR count). The first kappa shape index (κ1) is 15.4. The maximum Gasteiger partial charge on any atom is 0.0369 e. The van der Waals surface area contributed by atoms with Crippen LogP contribution in [-0.4, -0.2) is 19.1 Å². The van der Waals surface area contributed by atoms with Crippen molar-refractivity contribution in [3.63, 3.8) is 0 Å². The van der Waals surface area contributed by atoms with Gasteiger partial charge in [-0.05, 0) is 61.3 Å². The molecule has 3 atom stereocenters. The lowest BCUT2D eigenvalue weighted by Crippen LogP contribution is -2.38. The van der Waals surface area contributed by atoms with Crippen LogP contribution < -0.4 is 10.6 Å². The average Bonchev–Trinajstić information content (AvgIpc) is 2.44. The van der Waals surface area contributed by atoms with E-state index >= 15 is 0 Å². The number of hydrogen-bond donors (Lipinski definition) is 1. The molecule has 0 bridgehead atoms. The van der Waals surface area contributed by atoms with Crippen molar-refractivity contribution in [1.29, 1.82) is 0 Å². The van der Waals surface area contributed by atoms with E-state index in [9.17, 15) is 0 Å². The quantitative estimate of drug-likeness (QED) is 0.906. The predicted molar refractivity (Wildman–Crippen MR) is 88.3 cm³/mol. The molecular weight excluding hydrogens is 244 g/mol. The number of anilines is 1. The summed E-state index contributed by atoms with van der Waals surface area (Å²) in [5, 5.41) is 0. The molecule has 2 N–H and O–H groups in total. The monoisotopic (exact) mass is 274 g/mol. The van der Waals surface area contributed by atoms with E-state index in [2.05, 4.69) is 50.8 Å². The molecule has 1 aromatic carbocycles. The van der Waals surface area contributed by atoms with E-state index in [4.69, 9.17) is 5.73 Å². The Hall–Kier alpha value is -1.02. The fraction of sp³-hybridized carbons (Fsp3) is 0.667. The molecule has 1 heterocycles. The number of rotatable bonds is 4.